The van der Waals surface area contributed by atoms with E-state index in [1.807, 2.05) is 0 Å². The average molecular weight is 346 g/mol. The molecule has 0 heterocycles. The molecule has 0 aromatic heterocycles. The standard InChI is InChI=1S/C20H17F3O2/c1-24-10-9-14-11-13-5-8-16(12-3-6-15(25-2)7-4-12)19(22)17(13)20(23)18(14)21/h3-8,11H,9-10H2,1-2H3. The third-order valence-corrected chi connectivity index (χ3v) is 4.17. The molecule has 0 saturated carbocycles. The Bertz CT molecular complexity index is 905. The number of methoxy groups -OCH3 is 2. The van der Waals surface area contributed by atoms with Crippen molar-refractivity contribution in [2.75, 3.05) is 20.8 Å². The van der Waals surface area contributed by atoms with Crippen LogP contribution in [0.2, 0.25) is 0 Å². The lowest BCUT2D eigenvalue weighted by Crippen LogP contribution is -2.02. The van der Waals surface area contributed by atoms with Gasteiger partial charge in [0.2, 0.25) is 0 Å². The molecule has 3 rings (SSSR count). The van der Waals surface area contributed by atoms with Gasteiger partial charge in [0.05, 0.1) is 19.1 Å². The van der Waals surface area contributed by atoms with E-state index in [1.165, 1.54) is 20.3 Å². The third kappa shape index (κ3) is 3.20. The van der Waals surface area contributed by atoms with Gasteiger partial charge in [-0.25, -0.2) is 13.2 Å². The zero-order valence-electron chi connectivity index (χ0n) is 13.9. The lowest BCUT2D eigenvalue weighted by molar-refractivity contribution is 0.201. The normalized spacial score (nSPS) is 11.1. The molecule has 0 fully saturated rings. The summed E-state index contributed by atoms with van der Waals surface area (Å²) in [7, 11) is 3.01. The molecule has 0 saturated heterocycles. The van der Waals surface area contributed by atoms with Gasteiger partial charge in [0.1, 0.15) is 11.6 Å². The second-order valence-corrected chi connectivity index (χ2v) is 5.66. The number of benzene rings is 3. The van der Waals surface area contributed by atoms with E-state index >= 15 is 0 Å². The van der Waals surface area contributed by atoms with E-state index < -0.39 is 17.5 Å². The molecule has 3 aromatic carbocycles. The van der Waals surface area contributed by atoms with Gasteiger partial charge in [0.15, 0.2) is 11.6 Å². The summed E-state index contributed by atoms with van der Waals surface area (Å²) in [4.78, 5) is 0. The van der Waals surface area contributed by atoms with Gasteiger partial charge in [0.25, 0.3) is 0 Å². The Morgan fingerprint density at radius 3 is 2.20 bits per heavy atom. The molecule has 0 atom stereocenters. The van der Waals surface area contributed by atoms with Gasteiger partial charge in [-0.1, -0.05) is 24.3 Å². The molecule has 3 aromatic rings. The van der Waals surface area contributed by atoms with Crippen LogP contribution in [0.5, 0.6) is 5.75 Å². The third-order valence-electron chi connectivity index (χ3n) is 4.17. The molecule has 5 heteroatoms. The highest BCUT2D eigenvalue weighted by molar-refractivity contribution is 5.89. The highest BCUT2D eigenvalue weighted by Gasteiger charge is 2.19. The smallest absolute Gasteiger partial charge is 0.169 e. The summed E-state index contributed by atoms with van der Waals surface area (Å²) in [6.45, 7) is 0.258. The zero-order chi connectivity index (χ0) is 18.0. The molecule has 0 unspecified atom stereocenters. The largest absolute Gasteiger partial charge is 0.497 e. The summed E-state index contributed by atoms with van der Waals surface area (Å²) in [6.07, 6.45) is 0.219. The van der Waals surface area contributed by atoms with Crippen molar-refractivity contribution in [1.82, 2.24) is 0 Å². The number of halogens is 3. The fourth-order valence-electron chi connectivity index (χ4n) is 2.82. The molecule has 0 aliphatic rings. The Morgan fingerprint density at radius 1 is 0.840 bits per heavy atom. The van der Waals surface area contributed by atoms with E-state index in [-0.39, 0.29) is 29.5 Å². The molecular weight excluding hydrogens is 329 g/mol. The number of ether oxygens (including phenoxy) is 2. The topological polar surface area (TPSA) is 18.5 Å². The molecule has 0 N–H and O–H groups in total. The van der Waals surface area contributed by atoms with Crippen molar-refractivity contribution >= 4 is 10.8 Å². The monoisotopic (exact) mass is 346 g/mol. The van der Waals surface area contributed by atoms with Crippen LogP contribution in [0, 0.1) is 17.5 Å². The second-order valence-electron chi connectivity index (χ2n) is 5.66. The van der Waals surface area contributed by atoms with E-state index in [1.54, 1.807) is 36.4 Å². The summed E-state index contributed by atoms with van der Waals surface area (Å²) >= 11 is 0. The van der Waals surface area contributed by atoms with Gasteiger partial charge in [-0.3, -0.25) is 0 Å². The Hall–Kier alpha value is -2.53. The predicted molar refractivity (Wildman–Crippen MR) is 91.4 cm³/mol. The molecular formula is C20H17F3O2. The van der Waals surface area contributed by atoms with Gasteiger partial charge in [-0.05, 0) is 41.1 Å². The van der Waals surface area contributed by atoms with Gasteiger partial charge >= 0.3 is 0 Å². The van der Waals surface area contributed by atoms with Crippen LogP contribution in [0.15, 0.2) is 42.5 Å². The Balaban J connectivity index is 2.14. The highest BCUT2D eigenvalue weighted by atomic mass is 19.2. The lowest BCUT2D eigenvalue weighted by Gasteiger charge is -2.11. The quantitative estimate of drug-likeness (QED) is 0.638. The van der Waals surface area contributed by atoms with Crippen molar-refractivity contribution in [2.45, 2.75) is 6.42 Å². The molecule has 0 bridgehead atoms. The van der Waals surface area contributed by atoms with Crippen molar-refractivity contribution in [3.8, 4) is 16.9 Å². The van der Waals surface area contributed by atoms with Crippen LogP contribution >= 0.6 is 0 Å². The van der Waals surface area contributed by atoms with Crippen LogP contribution in [-0.2, 0) is 11.2 Å². The number of hydrogen-bond donors (Lipinski definition) is 0. The van der Waals surface area contributed by atoms with Crippen molar-refractivity contribution in [2.24, 2.45) is 0 Å². The van der Waals surface area contributed by atoms with Crippen LogP contribution in [0.4, 0.5) is 13.2 Å². The first-order valence-corrected chi connectivity index (χ1v) is 7.79. The maximum absolute atomic E-state index is 14.9. The maximum Gasteiger partial charge on any atom is 0.169 e. The van der Waals surface area contributed by atoms with Crippen molar-refractivity contribution < 1.29 is 22.6 Å². The van der Waals surface area contributed by atoms with Gasteiger partial charge < -0.3 is 9.47 Å². The molecule has 0 amide bonds. The number of hydrogen-bond acceptors (Lipinski definition) is 2. The first-order chi connectivity index (χ1) is 12.1. The predicted octanol–water partition coefficient (Wildman–Crippen LogP) is 5.12. The van der Waals surface area contributed by atoms with Crippen molar-refractivity contribution in [1.29, 1.82) is 0 Å². The molecule has 0 aliphatic heterocycles. The van der Waals surface area contributed by atoms with Crippen LogP contribution in [0.25, 0.3) is 21.9 Å². The van der Waals surface area contributed by atoms with Crippen molar-refractivity contribution in [3.05, 3.63) is 65.5 Å². The fraction of sp³-hybridized carbons (Fsp3) is 0.200. The summed E-state index contributed by atoms with van der Waals surface area (Å²) in [6, 6.07) is 11.3. The highest BCUT2D eigenvalue weighted by Crippen LogP contribution is 2.33. The van der Waals surface area contributed by atoms with Crippen LogP contribution in [0.1, 0.15) is 5.56 Å². The molecule has 2 nitrogen and oxygen atoms in total. The summed E-state index contributed by atoms with van der Waals surface area (Å²) in [5.74, 6) is -2.35. The lowest BCUT2D eigenvalue weighted by atomic mass is 9.97. The van der Waals surface area contributed by atoms with Gasteiger partial charge in [-0.2, -0.15) is 0 Å². The first kappa shape index (κ1) is 17.3. The van der Waals surface area contributed by atoms with E-state index in [4.69, 9.17) is 9.47 Å². The minimum Gasteiger partial charge on any atom is -0.497 e. The van der Waals surface area contributed by atoms with Gasteiger partial charge in [-0.15, -0.1) is 0 Å². The zero-order valence-corrected chi connectivity index (χ0v) is 13.9. The van der Waals surface area contributed by atoms with Crippen LogP contribution in [0.3, 0.4) is 0 Å². The molecule has 25 heavy (non-hydrogen) atoms. The van der Waals surface area contributed by atoms with E-state index in [0.717, 1.165) is 0 Å². The average Bonchev–Trinajstić information content (AvgIpc) is 2.63. The Kier molecular flexibility index (Phi) is 4.95. The van der Waals surface area contributed by atoms with Gasteiger partial charge in [0, 0.05) is 12.7 Å². The van der Waals surface area contributed by atoms with Crippen LogP contribution < -0.4 is 4.74 Å². The minimum absolute atomic E-state index is 0.170. The van der Waals surface area contributed by atoms with E-state index in [9.17, 15) is 13.2 Å². The first-order valence-electron chi connectivity index (χ1n) is 7.79. The Morgan fingerprint density at radius 2 is 1.56 bits per heavy atom. The van der Waals surface area contributed by atoms with Crippen molar-refractivity contribution in [3.63, 3.8) is 0 Å². The summed E-state index contributed by atoms with van der Waals surface area (Å²) in [5.41, 5.74) is 0.935. The maximum atomic E-state index is 14.9. The molecule has 0 radical (unpaired) electrons. The fourth-order valence-corrected chi connectivity index (χ4v) is 2.82. The summed E-state index contributed by atoms with van der Waals surface area (Å²) < 4.78 is 53.6. The Labute approximate surface area is 143 Å². The molecule has 130 valence electrons. The molecule has 0 aliphatic carbocycles. The number of fused-ring (bicyclic) bond motifs is 1. The summed E-state index contributed by atoms with van der Waals surface area (Å²) in [5, 5.41) is -0.0215. The number of rotatable bonds is 5. The van der Waals surface area contributed by atoms with Crippen LogP contribution in [-0.4, -0.2) is 20.8 Å². The van der Waals surface area contributed by atoms with E-state index in [2.05, 4.69) is 0 Å². The van der Waals surface area contributed by atoms with E-state index in [0.29, 0.717) is 16.7 Å². The second kappa shape index (κ2) is 7.15. The minimum atomic E-state index is -1.17. The SMILES string of the molecule is COCCc1cc2ccc(-c3ccc(OC)cc3)c(F)c2c(F)c1F. The molecule has 0 spiro atoms.